The minimum atomic E-state index is 0.626. The molecule has 0 saturated heterocycles. The highest BCUT2D eigenvalue weighted by Crippen LogP contribution is 2.20. The summed E-state index contributed by atoms with van der Waals surface area (Å²) < 4.78 is 0. The lowest BCUT2D eigenvalue weighted by molar-refractivity contribution is 1.06. The van der Waals surface area contributed by atoms with E-state index in [4.69, 9.17) is 17.3 Å². The van der Waals surface area contributed by atoms with Crippen LogP contribution in [0.4, 0.5) is 0 Å². The van der Waals surface area contributed by atoms with E-state index >= 15 is 0 Å². The van der Waals surface area contributed by atoms with Crippen LogP contribution in [0.5, 0.6) is 0 Å². The van der Waals surface area contributed by atoms with E-state index in [0.29, 0.717) is 6.54 Å². The molecule has 0 unspecified atom stereocenters. The Morgan fingerprint density at radius 2 is 1.87 bits per heavy atom. The molecule has 0 aliphatic carbocycles. The number of halogens is 1. The number of rotatable bonds is 3. The van der Waals surface area contributed by atoms with Crippen molar-refractivity contribution in [2.24, 2.45) is 5.73 Å². The second kappa shape index (κ2) is 4.79. The predicted molar refractivity (Wildman–Crippen MR) is 66.5 cm³/mol. The zero-order valence-electron chi connectivity index (χ0n) is 8.24. The maximum absolute atomic E-state index is 5.83. The fraction of sp³-hybridized carbons (Fsp3) is 0.167. The first-order chi connectivity index (χ1) is 7.29. The van der Waals surface area contributed by atoms with Gasteiger partial charge in [0.05, 0.1) is 0 Å². The quantitative estimate of drug-likeness (QED) is 0.870. The number of nitrogens with two attached hydrogens (primary N) is 1. The Morgan fingerprint density at radius 1 is 1.13 bits per heavy atom. The molecule has 0 amide bonds. The van der Waals surface area contributed by atoms with Crippen molar-refractivity contribution in [3.8, 4) is 0 Å². The van der Waals surface area contributed by atoms with Gasteiger partial charge in [0.25, 0.3) is 0 Å². The van der Waals surface area contributed by atoms with Gasteiger partial charge in [-0.3, -0.25) is 0 Å². The molecule has 0 spiro atoms. The maximum Gasteiger partial charge on any atom is 0.0406 e. The van der Waals surface area contributed by atoms with E-state index in [1.165, 1.54) is 16.0 Å². The molecule has 1 aromatic heterocycles. The third kappa shape index (κ3) is 2.59. The van der Waals surface area contributed by atoms with Gasteiger partial charge in [-0.2, -0.15) is 0 Å². The monoisotopic (exact) mass is 237 g/mol. The molecule has 2 N–H and O–H groups in total. The van der Waals surface area contributed by atoms with Crippen LogP contribution in [-0.2, 0) is 13.0 Å². The van der Waals surface area contributed by atoms with Crippen LogP contribution < -0.4 is 5.73 Å². The first kappa shape index (κ1) is 10.7. The van der Waals surface area contributed by atoms with Crippen LogP contribution in [0.1, 0.15) is 16.0 Å². The Balaban J connectivity index is 2.18. The van der Waals surface area contributed by atoms with E-state index in [9.17, 15) is 0 Å². The molecule has 3 heteroatoms. The van der Waals surface area contributed by atoms with Gasteiger partial charge < -0.3 is 5.73 Å². The minimum Gasteiger partial charge on any atom is -0.326 e. The zero-order valence-corrected chi connectivity index (χ0v) is 9.81. The minimum absolute atomic E-state index is 0.626. The van der Waals surface area contributed by atoms with Gasteiger partial charge >= 0.3 is 0 Å². The second-order valence-electron chi connectivity index (χ2n) is 3.38. The molecule has 1 aromatic carbocycles. The molecular formula is C12H12ClNS. The van der Waals surface area contributed by atoms with Crippen LogP contribution in [0.2, 0.25) is 5.02 Å². The van der Waals surface area contributed by atoms with Crippen molar-refractivity contribution in [3.63, 3.8) is 0 Å². The predicted octanol–water partition coefficient (Wildman–Crippen LogP) is 3.45. The highest BCUT2D eigenvalue weighted by Gasteiger charge is 2.03. The smallest absolute Gasteiger partial charge is 0.0406 e. The lowest BCUT2D eigenvalue weighted by atomic mass is 10.1. The summed E-state index contributed by atoms with van der Waals surface area (Å²) in [4.78, 5) is 1.27. The molecule has 2 aromatic rings. The van der Waals surface area contributed by atoms with Crippen molar-refractivity contribution in [2.75, 3.05) is 0 Å². The van der Waals surface area contributed by atoms with E-state index in [2.05, 4.69) is 23.6 Å². The zero-order chi connectivity index (χ0) is 10.7. The van der Waals surface area contributed by atoms with Gasteiger partial charge in [-0.1, -0.05) is 23.7 Å². The Labute approximate surface area is 98.5 Å². The summed E-state index contributed by atoms with van der Waals surface area (Å²) in [6, 6.07) is 10.1. The van der Waals surface area contributed by atoms with Crippen LogP contribution in [0.15, 0.2) is 35.7 Å². The first-order valence-corrected chi connectivity index (χ1v) is 6.05. The van der Waals surface area contributed by atoms with E-state index < -0.39 is 0 Å². The van der Waals surface area contributed by atoms with E-state index in [-0.39, 0.29) is 0 Å². The summed E-state index contributed by atoms with van der Waals surface area (Å²) in [5.41, 5.74) is 8.26. The largest absolute Gasteiger partial charge is 0.326 e. The summed E-state index contributed by atoms with van der Waals surface area (Å²) in [6.07, 6.45) is 0.938. The van der Waals surface area contributed by atoms with Gasteiger partial charge in [-0.15, -0.1) is 11.3 Å². The maximum atomic E-state index is 5.83. The molecule has 0 aliphatic rings. The van der Waals surface area contributed by atoms with Gasteiger partial charge in [-0.05, 0) is 41.1 Å². The molecule has 0 bridgehead atoms. The van der Waals surface area contributed by atoms with Gasteiger partial charge in [0, 0.05) is 16.4 Å². The highest BCUT2D eigenvalue weighted by molar-refractivity contribution is 7.10. The molecule has 1 heterocycles. The van der Waals surface area contributed by atoms with Gasteiger partial charge in [0.2, 0.25) is 0 Å². The average molecular weight is 238 g/mol. The molecule has 1 nitrogen and oxygen atoms in total. The van der Waals surface area contributed by atoms with Gasteiger partial charge in [0.15, 0.2) is 0 Å². The second-order valence-corrected chi connectivity index (χ2v) is 4.81. The van der Waals surface area contributed by atoms with Crippen molar-refractivity contribution >= 4 is 22.9 Å². The van der Waals surface area contributed by atoms with Crippen molar-refractivity contribution in [1.82, 2.24) is 0 Å². The normalized spacial score (nSPS) is 10.5. The van der Waals surface area contributed by atoms with Crippen LogP contribution in [0.3, 0.4) is 0 Å². The Hall–Kier alpha value is -0.830. The third-order valence-electron chi connectivity index (χ3n) is 2.33. The molecule has 0 aliphatic heterocycles. The first-order valence-electron chi connectivity index (χ1n) is 4.79. The van der Waals surface area contributed by atoms with E-state index in [1.54, 1.807) is 11.3 Å². The highest BCUT2D eigenvalue weighted by atomic mass is 35.5. The van der Waals surface area contributed by atoms with E-state index in [1.807, 2.05) is 12.1 Å². The Kier molecular flexibility index (Phi) is 3.41. The van der Waals surface area contributed by atoms with Gasteiger partial charge in [-0.25, -0.2) is 0 Å². The molecule has 0 radical (unpaired) electrons. The van der Waals surface area contributed by atoms with Crippen LogP contribution in [-0.4, -0.2) is 0 Å². The molecule has 2 rings (SSSR count). The standard InChI is InChI=1S/C12H12ClNS/c13-11-3-1-9(2-4-11)7-10-5-6-15-12(10)8-14/h1-6H,7-8,14H2. The van der Waals surface area contributed by atoms with Crippen LogP contribution >= 0.6 is 22.9 Å². The molecule has 15 heavy (non-hydrogen) atoms. The third-order valence-corrected chi connectivity index (χ3v) is 3.57. The lowest BCUT2D eigenvalue weighted by Crippen LogP contribution is -1.97. The van der Waals surface area contributed by atoms with Crippen molar-refractivity contribution in [2.45, 2.75) is 13.0 Å². The fourth-order valence-corrected chi connectivity index (χ4v) is 2.44. The van der Waals surface area contributed by atoms with E-state index in [0.717, 1.165) is 11.4 Å². The SMILES string of the molecule is NCc1sccc1Cc1ccc(Cl)cc1. The topological polar surface area (TPSA) is 26.0 Å². The molecule has 0 saturated carbocycles. The summed E-state index contributed by atoms with van der Waals surface area (Å²) in [6.45, 7) is 0.626. The molecule has 78 valence electrons. The van der Waals surface area contributed by atoms with Gasteiger partial charge in [0.1, 0.15) is 0 Å². The van der Waals surface area contributed by atoms with Crippen molar-refractivity contribution < 1.29 is 0 Å². The summed E-state index contributed by atoms with van der Waals surface area (Å²) in [5, 5.41) is 2.87. The van der Waals surface area contributed by atoms with Crippen molar-refractivity contribution in [3.05, 3.63) is 56.7 Å². The summed E-state index contributed by atoms with van der Waals surface area (Å²) >= 11 is 7.56. The van der Waals surface area contributed by atoms with Crippen LogP contribution in [0, 0.1) is 0 Å². The summed E-state index contributed by atoms with van der Waals surface area (Å²) in [5.74, 6) is 0. The molecule has 0 atom stereocenters. The number of hydrogen-bond donors (Lipinski definition) is 1. The Bertz CT molecular complexity index is 433. The van der Waals surface area contributed by atoms with Crippen LogP contribution in [0.25, 0.3) is 0 Å². The summed E-state index contributed by atoms with van der Waals surface area (Å²) in [7, 11) is 0. The Morgan fingerprint density at radius 3 is 2.53 bits per heavy atom. The molecular weight excluding hydrogens is 226 g/mol. The van der Waals surface area contributed by atoms with Crippen molar-refractivity contribution in [1.29, 1.82) is 0 Å². The number of hydrogen-bond acceptors (Lipinski definition) is 2. The lowest BCUT2D eigenvalue weighted by Gasteiger charge is -2.02. The fourth-order valence-electron chi connectivity index (χ4n) is 1.53. The average Bonchev–Trinajstić information content (AvgIpc) is 2.69. The number of benzene rings is 1. The molecule has 0 fully saturated rings. The number of thiophene rings is 1.